The Morgan fingerprint density at radius 1 is 1.24 bits per heavy atom. The van der Waals surface area contributed by atoms with Crippen LogP contribution in [0.25, 0.3) is 0 Å². The van der Waals surface area contributed by atoms with E-state index in [4.69, 9.17) is 4.74 Å². The van der Waals surface area contributed by atoms with Gasteiger partial charge in [0.2, 0.25) is 0 Å². The molecule has 0 spiro atoms. The maximum absolute atomic E-state index is 5.27. The Kier molecular flexibility index (Phi) is 4.70. The minimum absolute atomic E-state index is 0.743. The highest BCUT2D eigenvalue weighted by atomic mass is 79.9. The molecule has 0 radical (unpaired) electrons. The van der Waals surface area contributed by atoms with Gasteiger partial charge in [-0.15, -0.1) is 5.10 Å². The summed E-state index contributed by atoms with van der Waals surface area (Å²) in [5.74, 6) is 0. The van der Waals surface area contributed by atoms with Gasteiger partial charge in [-0.3, -0.25) is 0 Å². The average molecular weight is 296 g/mol. The minimum Gasteiger partial charge on any atom is -0.378 e. The van der Waals surface area contributed by atoms with Crippen LogP contribution in [0, 0.1) is 0 Å². The second-order valence-electron chi connectivity index (χ2n) is 3.62. The second kappa shape index (κ2) is 6.51. The third kappa shape index (κ3) is 3.94. The smallest absolute Gasteiger partial charge is 0.194 e. The summed E-state index contributed by atoms with van der Waals surface area (Å²) in [5, 5.41) is 8.17. The van der Waals surface area contributed by atoms with Gasteiger partial charge < -0.3 is 9.64 Å². The highest BCUT2D eigenvalue weighted by Gasteiger charge is 2.12. The quantitative estimate of drug-likeness (QED) is 0.363. The van der Waals surface area contributed by atoms with E-state index in [1.807, 2.05) is 30.3 Å². The van der Waals surface area contributed by atoms with E-state index in [9.17, 15) is 0 Å². The number of halogens is 1. The van der Waals surface area contributed by atoms with Crippen LogP contribution in [-0.2, 0) is 4.74 Å². The molecule has 4 nitrogen and oxygen atoms in total. The molecule has 17 heavy (non-hydrogen) atoms. The van der Waals surface area contributed by atoms with E-state index >= 15 is 0 Å². The first kappa shape index (κ1) is 12.3. The topological polar surface area (TPSA) is 37.2 Å². The fraction of sp³-hybridized carbons (Fsp3) is 0.333. The SMILES string of the molecule is BrC(=NN=Cc1ccccc1)N1CCOCC1. The predicted octanol–water partition coefficient (Wildman–Crippen LogP) is 2.10. The van der Waals surface area contributed by atoms with Crippen LogP contribution >= 0.6 is 15.9 Å². The van der Waals surface area contributed by atoms with Crippen LogP contribution in [-0.4, -0.2) is 42.2 Å². The summed E-state index contributed by atoms with van der Waals surface area (Å²) in [4.78, 5) is 2.10. The van der Waals surface area contributed by atoms with Crippen LogP contribution in [0.3, 0.4) is 0 Å². The Labute approximate surface area is 109 Å². The van der Waals surface area contributed by atoms with Gasteiger partial charge in [-0.1, -0.05) is 30.3 Å². The maximum atomic E-state index is 5.27. The third-order valence-electron chi connectivity index (χ3n) is 2.42. The normalized spacial score (nSPS) is 17.7. The monoisotopic (exact) mass is 295 g/mol. The van der Waals surface area contributed by atoms with E-state index < -0.39 is 0 Å². The van der Waals surface area contributed by atoms with E-state index in [1.165, 1.54) is 0 Å². The number of hydrogen-bond donors (Lipinski definition) is 0. The largest absolute Gasteiger partial charge is 0.378 e. The summed E-state index contributed by atoms with van der Waals surface area (Å²) in [6.07, 6.45) is 1.74. The van der Waals surface area contributed by atoms with Gasteiger partial charge in [-0.2, -0.15) is 5.10 Å². The van der Waals surface area contributed by atoms with Crippen molar-refractivity contribution in [2.75, 3.05) is 26.3 Å². The number of ether oxygens (including phenoxy) is 1. The molecular weight excluding hydrogens is 282 g/mol. The molecule has 0 saturated carbocycles. The molecule has 90 valence electrons. The summed E-state index contributed by atoms with van der Waals surface area (Å²) in [6, 6.07) is 9.90. The van der Waals surface area contributed by atoms with Crippen molar-refractivity contribution in [2.45, 2.75) is 0 Å². The first-order valence-electron chi connectivity index (χ1n) is 5.50. The highest BCUT2D eigenvalue weighted by Crippen LogP contribution is 2.04. The van der Waals surface area contributed by atoms with Crippen LogP contribution in [0.4, 0.5) is 0 Å². The minimum atomic E-state index is 0.743. The van der Waals surface area contributed by atoms with Crippen molar-refractivity contribution in [1.29, 1.82) is 0 Å². The molecule has 0 aromatic heterocycles. The summed E-state index contributed by atoms with van der Waals surface area (Å²) >= 11 is 3.42. The third-order valence-corrected chi connectivity index (χ3v) is 3.08. The van der Waals surface area contributed by atoms with Gasteiger partial charge >= 0.3 is 0 Å². The molecule has 1 aromatic carbocycles. The molecule has 0 atom stereocenters. The molecule has 1 heterocycles. The summed E-state index contributed by atoms with van der Waals surface area (Å²) in [7, 11) is 0. The Bertz CT molecular complexity index is 399. The van der Waals surface area contributed by atoms with E-state index in [2.05, 4.69) is 31.0 Å². The lowest BCUT2D eigenvalue weighted by Gasteiger charge is -2.26. The lowest BCUT2D eigenvalue weighted by atomic mass is 10.2. The zero-order valence-electron chi connectivity index (χ0n) is 9.42. The number of morpholine rings is 1. The van der Waals surface area contributed by atoms with Gasteiger partial charge in [0, 0.05) is 13.1 Å². The van der Waals surface area contributed by atoms with Crippen LogP contribution < -0.4 is 0 Å². The van der Waals surface area contributed by atoms with E-state index in [1.54, 1.807) is 6.21 Å². The Balaban J connectivity index is 1.93. The second-order valence-corrected chi connectivity index (χ2v) is 4.33. The molecule has 0 aliphatic carbocycles. The average Bonchev–Trinajstić information content (AvgIpc) is 2.41. The molecule has 0 bridgehead atoms. The number of nitrogens with zero attached hydrogens (tertiary/aromatic N) is 3. The van der Waals surface area contributed by atoms with Crippen molar-refractivity contribution < 1.29 is 4.74 Å². The van der Waals surface area contributed by atoms with E-state index in [0.717, 1.165) is 36.6 Å². The van der Waals surface area contributed by atoms with Crippen LogP contribution in [0.15, 0.2) is 40.5 Å². The van der Waals surface area contributed by atoms with Gasteiger partial charge in [0.1, 0.15) is 0 Å². The van der Waals surface area contributed by atoms with Crippen molar-refractivity contribution in [3.63, 3.8) is 0 Å². The Hall–Kier alpha value is -1.20. The van der Waals surface area contributed by atoms with Crippen molar-refractivity contribution in [1.82, 2.24) is 4.90 Å². The summed E-state index contributed by atoms with van der Waals surface area (Å²) in [5.41, 5.74) is 1.04. The zero-order valence-corrected chi connectivity index (χ0v) is 11.0. The first-order valence-corrected chi connectivity index (χ1v) is 6.30. The Morgan fingerprint density at radius 2 is 1.94 bits per heavy atom. The van der Waals surface area contributed by atoms with Crippen LogP contribution in [0.5, 0.6) is 0 Å². The molecule has 2 rings (SSSR count). The van der Waals surface area contributed by atoms with E-state index in [-0.39, 0.29) is 0 Å². The maximum Gasteiger partial charge on any atom is 0.194 e. The highest BCUT2D eigenvalue weighted by molar-refractivity contribution is 9.18. The Morgan fingerprint density at radius 3 is 2.65 bits per heavy atom. The molecule has 5 heteroatoms. The fourth-order valence-corrected chi connectivity index (χ4v) is 1.94. The molecule has 0 unspecified atom stereocenters. The lowest BCUT2D eigenvalue weighted by molar-refractivity contribution is 0.0694. The number of rotatable bonds is 2. The summed E-state index contributed by atoms with van der Waals surface area (Å²) in [6.45, 7) is 3.19. The van der Waals surface area contributed by atoms with Crippen molar-refractivity contribution >= 4 is 26.9 Å². The van der Waals surface area contributed by atoms with Gasteiger partial charge in [0.15, 0.2) is 4.74 Å². The van der Waals surface area contributed by atoms with Crippen LogP contribution in [0.2, 0.25) is 0 Å². The van der Waals surface area contributed by atoms with Crippen molar-refractivity contribution in [3.8, 4) is 0 Å². The fourth-order valence-electron chi connectivity index (χ4n) is 1.49. The predicted molar refractivity (Wildman–Crippen MR) is 72.8 cm³/mol. The summed E-state index contributed by atoms with van der Waals surface area (Å²) < 4.78 is 6.03. The van der Waals surface area contributed by atoms with Crippen LogP contribution in [0.1, 0.15) is 5.56 Å². The first-order chi connectivity index (χ1) is 8.36. The molecule has 0 amide bonds. The van der Waals surface area contributed by atoms with Crippen molar-refractivity contribution in [2.24, 2.45) is 10.2 Å². The van der Waals surface area contributed by atoms with E-state index in [0.29, 0.717) is 0 Å². The molecule has 0 N–H and O–H groups in total. The number of amidine groups is 1. The van der Waals surface area contributed by atoms with Gasteiger partial charge in [-0.05, 0) is 21.5 Å². The zero-order chi connectivity index (χ0) is 11.9. The van der Waals surface area contributed by atoms with Crippen molar-refractivity contribution in [3.05, 3.63) is 35.9 Å². The number of hydrogen-bond acceptors (Lipinski definition) is 3. The molecule has 1 saturated heterocycles. The molecule has 1 aliphatic rings. The molecule has 1 aromatic rings. The molecule has 1 aliphatic heterocycles. The molecular formula is C12H14BrN3O. The van der Waals surface area contributed by atoms with Gasteiger partial charge in [0.25, 0.3) is 0 Å². The lowest BCUT2D eigenvalue weighted by Crippen LogP contribution is -2.38. The van der Waals surface area contributed by atoms with Gasteiger partial charge in [-0.25, -0.2) is 0 Å². The van der Waals surface area contributed by atoms with Gasteiger partial charge in [0.05, 0.1) is 19.4 Å². The standard InChI is InChI=1S/C12H14BrN3O/c13-12(16-6-8-17-9-7-16)15-14-10-11-4-2-1-3-5-11/h1-5,10H,6-9H2. The number of benzene rings is 1. The molecule has 1 fully saturated rings.